The summed E-state index contributed by atoms with van der Waals surface area (Å²) in [4.78, 5) is 18.5. The Balaban J connectivity index is 1.59. The summed E-state index contributed by atoms with van der Waals surface area (Å²) in [6.45, 7) is 3.20. The number of nitrogens with one attached hydrogen (secondary N) is 1. The largest absolute Gasteiger partial charge is 0.378 e. The van der Waals surface area contributed by atoms with Gasteiger partial charge in [0.1, 0.15) is 5.82 Å². The molecular formula is C18H18BrN3O2. The van der Waals surface area contributed by atoms with E-state index in [1.165, 1.54) is 6.08 Å². The first-order valence-corrected chi connectivity index (χ1v) is 8.54. The molecule has 2 aromatic rings. The van der Waals surface area contributed by atoms with Crippen LogP contribution in [-0.4, -0.2) is 37.2 Å². The normalized spacial score (nSPS) is 14.8. The lowest BCUT2D eigenvalue weighted by molar-refractivity contribution is -0.111. The smallest absolute Gasteiger partial charge is 0.249 e. The second-order valence-electron chi connectivity index (χ2n) is 5.35. The molecule has 1 aliphatic rings. The average molecular weight is 388 g/mol. The Morgan fingerprint density at radius 1 is 1.21 bits per heavy atom. The minimum absolute atomic E-state index is 0.211. The fourth-order valence-electron chi connectivity index (χ4n) is 2.41. The third-order valence-electron chi connectivity index (χ3n) is 3.69. The first-order chi connectivity index (χ1) is 11.7. The van der Waals surface area contributed by atoms with Gasteiger partial charge in [-0.2, -0.15) is 0 Å². The Morgan fingerprint density at radius 3 is 2.71 bits per heavy atom. The van der Waals surface area contributed by atoms with Gasteiger partial charge in [0, 0.05) is 23.6 Å². The lowest BCUT2D eigenvalue weighted by Gasteiger charge is -2.28. The van der Waals surface area contributed by atoms with Crippen LogP contribution in [0.4, 0.5) is 11.5 Å². The highest BCUT2D eigenvalue weighted by Gasteiger charge is 2.11. The quantitative estimate of drug-likeness (QED) is 0.817. The Labute approximate surface area is 149 Å². The topological polar surface area (TPSA) is 54.5 Å². The van der Waals surface area contributed by atoms with Crippen molar-refractivity contribution in [3.05, 3.63) is 58.7 Å². The lowest BCUT2D eigenvalue weighted by Crippen LogP contribution is -2.36. The number of rotatable bonds is 4. The maximum atomic E-state index is 12.0. The van der Waals surface area contributed by atoms with Gasteiger partial charge in [-0.1, -0.05) is 34.1 Å². The monoisotopic (exact) mass is 387 g/mol. The number of carbonyl (C=O) groups is 1. The van der Waals surface area contributed by atoms with Crippen molar-refractivity contribution in [2.75, 3.05) is 36.5 Å². The van der Waals surface area contributed by atoms with Crippen LogP contribution in [0.25, 0.3) is 6.08 Å². The number of ether oxygens (including phenoxy) is 1. The summed E-state index contributed by atoms with van der Waals surface area (Å²) in [6.07, 6.45) is 5.04. The van der Waals surface area contributed by atoms with E-state index in [0.29, 0.717) is 5.82 Å². The van der Waals surface area contributed by atoms with Gasteiger partial charge in [0.2, 0.25) is 5.91 Å². The highest BCUT2D eigenvalue weighted by Crippen LogP contribution is 2.18. The molecule has 6 heteroatoms. The fraction of sp³-hybridized carbons (Fsp3) is 0.222. The Bertz CT molecular complexity index is 725. The summed E-state index contributed by atoms with van der Waals surface area (Å²) < 4.78 is 6.29. The zero-order valence-corrected chi connectivity index (χ0v) is 14.7. The Morgan fingerprint density at radius 2 is 2.00 bits per heavy atom. The molecule has 24 heavy (non-hydrogen) atoms. The molecule has 1 N–H and O–H groups in total. The summed E-state index contributed by atoms with van der Waals surface area (Å²) in [5.41, 5.74) is 1.99. The van der Waals surface area contributed by atoms with Crippen molar-refractivity contribution in [3.63, 3.8) is 0 Å². The third-order valence-corrected chi connectivity index (χ3v) is 4.42. The molecule has 2 heterocycles. The second-order valence-corrected chi connectivity index (χ2v) is 6.20. The maximum absolute atomic E-state index is 12.0. The maximum Gasteiger partial charge on any atom is 0.249 e. The van der Waals surface area contributed by atoms with Gasteiger partial charge in [-0.05, 0) is 29.8 Å². The molecule has 3 rings (SSSR count). The van der Waals surface area contributed by atoms with E-state index in [1.807, 2.05) is 36.4 Å². The van der Waals surface area contributed by atoms with Crippen LogP contribution >= 0.6 is 15.9 Å². The van der Waals surface area contributed by atoms with Crippen molar-refractivity contribution >= 4 is 39.4 Å². The molecule has 5 nitrogen and oxygen atoms in total. The van der Waals surface area contributed by atoms with Gasteiger partial charge in [0.15, 0.2) is 0 Å². The Hall–Kier alpha value is -2.18. The number of anilines is 2. The van der Waals surface area contributed by atoms with Crippen molar-refractivity contribution in [1.29, 1.82) is 0 Å². The zero-order valence-electron chi connectivity index (χ0n) is 13.1. The molecule has 1 aliphatic heterocycles. The highest BCUT2D eigenvalue weighted by molar-refractivity contribution is 9.10. The second kappa shape index (κ2) is 8.08. The number of pyridine rings is 1. The van der Waals surface area contributed by atoms with E-state index in [-0.39, 0.29) is 5.91 Å². The molecule has 1 fully saturated rings. The fourth-order valence-corrected chi connectivity index (χ4v) is 2.83. The number of hydrogen-bond acceptors (Lipinski definition) is 4. The van der Waals surface area contributed by atoms with E-state index in [9.17, 15) is 4.79 Å². The van der Waals surface area contributed by atoms with Crippen LogP contribution in [0, 0.1) is 0 Å². The average Bonchev–Trinajstić information content (AvgIpc) is 2.62. The van der Waals surface area contributed by atoms with Gasteiger partial charge in [0.25, 0.3) is 0 Å². The third kappa shape index (κ3) is 4.43. The van der Waals surface area contributed by atoms with Crippen molar-refractivity contribution in [2.24, 2.45) is 0 Å². The molecule has 0 unspecified atom stereocenters. The van der Waals surface area contributed by atoms with Gasteiger partial charge < -0.3 is 15.0 Å². The number of halogens is 1. The van der Waals surface area contributed by atoms with Gasteiger partial charge in [-0.15, -0.1) is 0 Å². The molecule has 1 aromatic carbocycles. The number of morpholine rings is 1. The molecule has 0 aliphatic carbocycles. The molecule has 1 aromatic heterocycles. The summed E-state index contributed by atoms with van der Waals surface area (Å²) in [6, 6.07) is 11.5. The number of benzene rings is 1. The molecule has 124 valence electrons. The summed E-state index contributed by atoms with van der Waals surface area (Å²) in [7, 11) is 0. The summed E-state index contributed by atoms with van der Waals surface area (Å²) in [5, 5.41) is 2.77. The molecular weight excluding hydrogens is 370 g/mol. The highest BCUT2D eigenvalue weighted by atomic mass is 79.9. The zero-order chi connectivity index (χ0) is 16.8. The van der Waals surface area contributed by atoms with Gasteiger partial charge in [-0.3, -0.25) is 4.79 Å². The van der Waals surface area contributed by atoms with E-state index in [4.69, 9.17) is 4.74 Å². The van der Waals surface area contributed by atoms with Gasteiger partial charge in [-0.25, -0.2) is 4.98 Å². The number of nitrogens with zero attached hydrogens (tertiary/aromatic N) is 2. The number of aromatic nitrogens is 1. The molecule has 0 atom stereocenters. The van der Waals surface area contributed by atoms with Crippen LogP contribution in [0.3, 0.4) is 0 Å². The lowest BCUT2D eigenvalue weighted by atomic mass is 10.2. The van der Waals surface area contributed by atoms with Crippen LogP contribution in [0.15, 0.2) is 53.1 Å². The van der Waals surface area contributed by atoms with Crippen molar-refractivity contribution in [3.8, 4) is 0 Å². The standard InChI is InChI=1S/C18H18BrN3O2/c19-16-4-2-1-3-14(16)5-8-18(23)21-17-7-6-15(13-20-17)22-9-11-24-12-10-22/h1-8,13H,9-12H2,(H,20,21,23)/b8-5+. The van der Waals surface area contributed by atoms with Crippen LogP contribution in [0.2, 0.25) is 0 Å². The van der Waals surface area contributed by atoms with E-state index < -0.39 is 0 Å². The minimum Gasteiger partial charge on any atom is -0.378 e. The van der Waals surface area contributed by atoms with Crippen LogP contribution < -0.4 is 10.2 Å². The molecule has 0 radical (unpaired) electrons. The predicted molar refractivity (Wildman–Crippen MR) is 99.1 cm³/mol. The van der Waals surface area contributed by atoms with Gasteiger partial charge in [0.05, 0.1) is 25.1 Å². The molecule has 0 saturated carbocycles. The summed E-state index contributed by atoms with van der Waals surface area (Å²) >= 11 is 3.45. The summed E-state index contributed by atoms with van der Waals surface area (Å²) in [5.74, 6) is 0.325. The molecule has 1 saturated heterocycles. The Kier molecular flexibility index (Phi) is 5.61. The van der Waals surface area contributed by atoms with E-state index in [2.05, 4.69) is 31.1 Å². The first kappa shape index (κ1) is 16.7. The van der Waals surface area contributed by atoms with Crippen molar-refractivity contribution in [1.82, 2.24) is 4.98 Å². The van der Waals surface area contributed by atoms with Crippen molar-refractivity contribution in [2.45, 2.75) is 0 Å². The first-order valence-electron chi connectivity index (χ1n) is 7.75. The van der Waals surface area contributed by atoms with E-state index in [1.54, 1.807) is 12.3 Å². The molecule has 0 spiro atoms. The molecule has 1 amide bonds. The van der Waals surface area contributed by atoms with E-state index >= 15 is 0 Å². The number of hydrogen-bond donors (Lipinski definition) is 1. The SMILES string of the molecule is O=C(/C=C/c1ccccc1Br)Nc1ccc(N2CCOCC2)cn1. The number of carbonyl (C=O) groups excluding carboxylic acids is 1. The van der Waals surface area contributed by atoms with Crippen LogP contribution in [0.1, 0.15) is 5.56 Å². The minimum atomic E-state index is -0.211. The van der Waals surface area contributed by atoms with Crippen LogP contribution in [0.5, 0.6) is 0 Å². The van der Waals surface area contributed by atoms with Crippen molar-refractivity contribution < 1.29 is 9.53 Å². The number of amides is 1. The van der Waals surface area contributed by atoms with E-state index in [0.717, 1.165) is 42.0 Å². The van der Waals surface area contributed by atoms with Gasteiger partial charge >= 0.3 is 0 Å². The van der Waals surface area contributed by atoms with Crippen LogP contribution in [-0.2, 0) is 9.53 Å². The molecule has 0 bridgehead atoms. The predicted octanol–water partition coefficient (Wildman–Crippen LogP) is 3.33.